The molecule has 1 saturated heterocycles. The summed E-state index contributed by atoms with van der Waals surface area (Å²) in [6.45, 7) is 11.0. The van der Waals surface area contributed by atoms with Gasteiger partial charge in [-0.2, -0.15) is 0 Å². The van der Waals surface area contributed by atoms with Crippen LogP contribution in [0, 0.1) is 0 Å². The van der Waals surface area contributed by atoms with Crippen molar-refractivity contribution in [1.82, 2.24) is 4.90 Å². The van der Waals surface area contributed by atoms with E-state index in [0.717, 1.165) is 25.2 Å². The molecule has 0 aliphatic carbocycles. The first kappa shape index (κ1) is 24.4. The number of hydrogen-bond donors (Lipinski definition) is 1. The molecule has 5 rings (SSSR count). The molecule has 2 aliphatic heterocycles. The van der Waals surface area contributed by atoms with Gasteiger partial charge < -0.3 is 9.64 Å². The van der Waals surface area contributed by atoms with Crippen LogP contribution in [0.5, 0.6) is 5.75 Å². The summed E-state index contributed by atoms with van der Waals surface area (Å²) in [7, 11) is 2.19. The first-order chi connectivity index (χ1) is 17.3. The molecule has 1 N–H and O–H groups in total. The van der Waals surface area contributed by atoms with E-state index in [1.807, 2.05) is 30.3 Å². The van der Waals surface area contributed by atoms with E-state index >= 15 is 0 Å². The number of hydrogen-bond acceptors (Lipinski definition) is 4. The maximum absolute atomic E-state index is 12.6. The summed E-state index contributed by atoms with van der Waals surface area (Å²) >= 11 is 0. The van der Waals surface area contributed by atoms with Crippen molar-refractivity contribution in [3.63, 3.8) is 0 Å². The van der Waals surface area contributed by atoms with Gasteiger partial charge in [-0.1, -0.05) is 70.2 Å². The number of likely N-dealkylation sites (tertiary alicyclic amines) is 1. The van der Waals surface area contributed by atoms with Crippen LogP contribution < -0.4 is 15.0 Å². The molecular formula is C31H37N3O2. The van der Waals surface area contributed by atoms with Crippen LogP contribution in [-0.2, 0) is 5.41 Å². The first-order valence-electron chi connectivity index (χ1n) is 13.0. The number of carbonyl (C=O) groups is 1. The Hall–Kier alpha value is -3.31. The molecule has 0 radical (unpaired) electrons. The molecular weight excluding hydrogens is 446 g/mol. The van der Waals surface area contributed by atoms with Crippen LogP contribution in [0.15, 0.2) is 72.8 Å². The highest BCUT2D eigenvalue weighted by Crippen LogP contribution is 2.52. The topological polar surface area (TPSA) is 44.8 Å². The maximum atomic E-state index is 12.6. The molecule has 5 heteroatoms. The average molecular weight is 484 g/mol. The third-order valence-corrected chi connectivity index (χ3v) is 8.08. The Kier molecular flexibility index (Phi) is 6.52. The van der Waals surface area contributed by atoms with Crippen molar-refractivity contribution in [2.45, 2.75) is 57.5 Å². The van der Waals surface area contributed by atoms with Crippen LogP contribution in [0.3, 0.4) is 0 Å². The minimum Gasteiger partial charge on any atom is -0.410 e. The van der Waals surface area contributed by atoms with Gasteiger partial charge in [-0.25, -0.2) is 4.79 Å². The SMILES string of the molecule is CC(C)c1ccc(NC(=O)Oc2ccc3c(c2)[C@]2(C)CCN(CC(C)c4ccccc4)[C@@H]2N3C)cc1. The van der Waals surface area contributed by atoms with Gasteiger partial charge in [-0.3, -0.25) is 10.2 Å². The molecule has 1 unspecified atom stereocenters. The van der Waals surface area contributed by atoms with Crippen LogP contribution in [0.25, 0.3) is 0 Å². The van der Waals surface area contributed by atoms with E-state index in [9.17, 15) is 4.79 Å². The Labute approximate surface area is 215 Å². The monoisotopic (exact) mass is 483 g/mol. The number of nitrogens with one attached hydrogen (secondary N) is 1. The second kappa shape index (κ2) is 9.62. The lowest BCUT2D eigenvalue weighted by Gasteiger charge is -2.36. The molecule has 1 fully saturated rings. The van der Waals surface area contributed by atoms with Crippen LogP contribution in [0.1, 0.15) is 62.6 Å². The molecule has 3 aromatic carbocycles. The van der Waals surface area contributed by atoms with Crippen LogP contribution in [-0.4, -0.2) is 37.3 Å². The van der Waals surface area contributed by atoms with Gasteiger partial charge in [0, 0.05) is 36.9 Å². The third-order valence-electron chi connectivity index (χ3n) is 8.08. The van der Waals surface area contributed by atoms with Gasteiger partial charge in [0.15, 0.2) is 0 Å². The molecule has 2 heterocycles. The van der Waals surface area contributed by atoms with E-state index in [4.69, 9.17) is 4.74 Å². The predicted molar refractivity (Wildman–Crippen MR) is 147 cm³/mol. The summed E-state index contributed by atoms with van der Waals surface area (Å²) in [5.74, 6) is 1.49. The largest absolute Gasteiger partial charge is 0.417 e. The Morgan fingerprint density at radius 3 is 2.44 bits per heavy atom. The van der Waals surface area contributed by atoms with Crippen molar-refractivity contribution in [2.75, 3.05) is 30.4 Å². The molecule has 5 nitrogen and oxygen atoms in total. The Morgan fingerprint density at radius 1 is 1.03 bits per heavy atom. The normalized spacial score (nSPS) is 21.8. The summed E-state index contributed by atoms with van der Waals surface area (Å²) in [4.78, 5) is 17.6. The van der Waals surface area contributed by atoms with Gasteiger partial charge in [0.1, 0.15) is 5.75 Å². The summed E-state index contributed by atoms with van der Waals surface area (Å²) < 4.78 is 5.72. The summed E-state index contributed by atoms with van der Waals surface area (Å²) in [6.07, 6.45) is 0.904. The molecule has 36 heavy (non-hydrogen) atoms. The number of anilines is 2. The van der Waals surface area contributed by atoms with Crippen molar-refractivity contribution >= 4 is 17.5 Å². The summed E-state index contributed by atoms with van der Waals surface area (Å²) in [5, 5.41) is 2.85. The molecule has 1 amide bonds. The van der Waals surface area contributed by atoms with E-state index in [0.29, 0.717) is 23.8 Å². The number of nitrogens with zero attached hydrogens (tertiary/aromatic N) is 2. The quantitative estimate of drug-likeness (QED) is 0.411. The smallest absolute Gasteiger partial charge is 0.410 e. The summed E-state index contributed by atoms with van der Waals surface area (Å²) in [6, 6.07) is 24.7. The van der Waals surface area contributed by atoms with Crippen molar-refractivity contribution in [3.8, 4) is 5.75 Å². The van der Waals surface area contributed by atoms with Gasteiger partial charge >= 0.3 is 6.09 Å². The van der Waals surface area contributed by atoms with E-state index in [1.54, 1.807) is 0 Å². The van der Waals surface area contributed by atoms with Crippen molar-refractivity contribution in [1.29, 1.82) is 0 Å². The standard InChI is InChI=1S/C31H37N3O2/c1-21(2)23-11-13-25(14-12-23)32-30(35)36-26-15-16-28-27(19-26)31(4)17-18-34(29(31)33(28)5)20-22(3)24-9-7-6-8-10-24/h6-16,19,21-22,29H,17-18,20H2,1-5H3,(H,32,35)/t22?,29-,31-/m0/s1. The lowest BCUT2D eigenvalue weighted by atomic mass is 9.81. The average Bonchev–Trinajstić information content (AvgIpc) is 3.31. The second-order valence-electron chi connectivity index (χ2n) is 10.9. The van der Waals surface area contributed by atoms with E-state index in [2.05, 4.69) is 92.3 Å². The minimum atomic E-state index is -0.468. The highest BCUT2D eigenvalue weighted by atomic mass is 16.6. The first-order valence-corrected chi connectivity index (χ1v) is 13.0. The van der Waals surface area contributed by atoms with Crippen molar-refractivity contribution in [2.24, 2.45) is 0 Å². The number of likely N-dealkylation sites (N-methyl/N-ethyl adjacent to an activating group) is 1. The van der Waals surface area contributed by atoms with Gasteiger partial charge in [0.05, 0.1) is 6.17 Å². The number of amides is 1. The lowest BCUT2D eigenvalue weighted by molar-refractivity contribution is 0.212. The van der Waals surface area contributed by atoms with Crippen molar-refractivity contribution in [3.05, 3.63) is 89.5 Å². The number of benzene rings is 3. The zero-order valence-electron chi connectivity index (χ0n) is 22.0. The highest BCUT2D eigenvalue weighted by molar-refractivity contribution is 5.86. The molecule has 0 spiro atoms. The fourth-order valence-electron chi connectivity index (χ4n) is 6.08. The Balaban J connectivity index is 1.29. The molecule has 0 saturated carbocycles. The molecule has 2 aliphatic rings. The fourth-order valence-corrected chi connectivity index (χ4v) is 6.08. The molecule has 188 valence electrons. The molecule has 3 atom stereocenters. The zero-order valence-corrected chi connectivity index (χ0v) is 22.0. The number of ether oxygens (including phenoxy) is 1. The third kappa shape index (κ3) is 4.48. The van der Waals surface area contributed by atoms with Gasteiger partial charge in [-0.15, -0.1) is 0 Å². The fraction of sp³-hybridized carbons (Fsp3) is 0.387. The lowest BCUT2D eigenvalue weighted by Crippen LogP contribution is -2.48. The Bertz CT molecular complexity index is 1220. The summed E-state index contributed by atoms with van der Waals surface area (Å²) in [5.41, 5.74) is 5.82. The van der Waals surface area contributed by atoms with Gasteiger partial charge in [0.2, 0.25) is 0 Å². The van der Waals surface area contributed by atoms with Crippen LogP contribution in [0.4, 0.5) is 16.2 Å². The van der Waals surface area contributed by atoms with E-state index in [1.165, 1.54) is 22.4 Å². The molecule has 0 bridgehead atoms. The van der Waals surface area contributed by atoms with Gasteiger partial charge in [-0.05, 0) is 65.3 Å². The minimum absolute atomic E-state index is 0.0109. The van der Waals surface area contributed by atoms with Crippen LogP contribution >= 0.6 is 0 Å². The highest BCUT2D eigenvalue weighted by Gasteiger charge is 2.53. The molecule has 0 aromatic heterocycles. The van der Waals surface area contributed by atoms with Gasteiger partial charge in [0.25, 0.3) is 0 Å². The number of rotatable bonds is 6. The van der Waals surface area contributed by atoms with E-state index < -0.39 is 6.09 Å². The predicted octanol–water partition coefficient (Wildman–Crippen LogP) is 6.96. The Morgan fingerprint density at radius 2 is 1.75 bits per heavy atom. The molecule has 3 aromatic rings. The van der Waals surface area contributed by atoms with E-state index in [-0.39, 0.29) is 5.41 Å². The van der Waals surface area contributed by atoms with Crippen LogP contribution in [0.2, 0.25) is 0 Å². The number of carbonyl (C=O) groups excluding carboxylic acids is 1. The second-order valence-corrected chi connectivity index (χ2v) is 10.9. The van der Waals surface area contributed by atoms with Crippen molar-refractivity contribution < 1.29 is 9.53 Å². The zero-order chi connectivity index (χ0) is 25.4. The number of fused-ring (bicyclic) bond motifs is 3. The maximum Gasteiger partial charge on any atom is 0.417 e.